The van der Waals surface area contributed by atoms with Gasteiger partial charge in [0.1, 0.15) is 17.4 Å². The first-order valence-electron chi connectivity index (χ1n) is 5.78. The molecule has 0 bridgehead atoms. The van der Waals surface area contributed by atoms with Gasteiger partial charge < -0.3 is 4.74 Å². The molecule has 2 aromatic carbocycles. The maximum Gasteiger partial charge on any atom is 0.197 e. The molecule has 20 heavy (non-hydrogen) atoms. The highest BCUT2D eigenvalue weighted by atomic mass is 79.9. The molecule has 0 radical (unpaired) electrons. The van der Waals surface area contributed by atoms with E-state index in [2.05, 4.69) is 15.9 Å². The Labute approximate surface area is 123 Å². The number of carbonyl (C=O) groups excluding carboxylic acids is 1. The highest BCUT2D eigenvalue weighted by Gasteiger charge is 2.19. The van der Waals surface area contributed by atoms with Gasteiger partial charge in [0.15, 0.2) is 5.78 Å². The zero-order chi connectivity index (χ0) is 14.9. The van der Waals surface area contributed by atoms with Crippen LogP contribution in [0.3, 0.4) is 0 Å². The van der Waals surface area contributed by atoms with E-state index in [9.17, 15) is 13.6 Å². The third kappa shape index (κ3) is 2.72. The number of methoxy groups -OCH3 is 1. The van der Waals surface area contributed by atoms with Crippen LogP contribution in [0, 0.1) is 18.6 Å². The minimum atomic E-state index is -0.519. The highest BCUT2D eigenvalue weighted by Crippen LogP contribution is 2.29. The van der Waals surface area contributed by atoms with Crippen LogP contribution in [0.15, 0.2) is 34.8 Å². The van der Waals surface area contributed by atoms with Gasteiger partial charge in [-0.05, 0) is 52.7 Å². The first-order chi connectivity index (χ1) is 9.43. The van der Waals surface area contributed by atoms with Gasteiger partial charge in [-0.2, -0.15) is 0 Å². The second-order valence-electron chi connectivity index (χ2n) is 4.25. The number of aryl methyl sites for hydroxylation is 1. The fourth-order valence-electron chi connectivity index (χ4n) is 1.90. The lowest BCUT2D eigenvalue weighted by Crippen LogP contribution is -2.07. The van der Waals surface area contributed by atoms with Crippen LogP contribution in [0.5, 0.6) is 5.75 Å². The van der Waals surface area contributed by atoms with Crippen molar-refractivity contribution in [3.05, 3.63) is 63.1 Å². The van der Waals surface area contributed by atoms with E-state index in [1.807, 2.05) is 0 Å². The SMILES string of the molecule is COc1cc(F)c(Br)cc1C(=O)c1ccc(F)cc1C. The van der Waals surface area contributed by atoms with Crippen molar-refractivity contribution in [3.8, 4) is 5.75 Å². The average Bonchev–Trinajstić information content (AvgIpc) is 2.40. The van der Waals surface area contributed by atoms with Gasteiger partial charge in [0.05, 0.1) is 17.1 Å². The molecule has 0 aromatic heterocycles. The first kappa shape index (κ1) is 14.7. The van der Waals surface area contributed by atoms with Crippen molar-refractivity contribution in [2.75, 3.05) is 7.11 Å². The van der Waals surface area contributed by atoms with Gasteiger partial charge in [-0.15, -0.1) is 0 Å². The van der Waals surface area contributed by atoms with E-state index in [-0.39, 0.29) is 21.6 Å². The van der Waals surface area contributed by atoms with E-state index in [1.54, 1.807) is 6.92 Å². The summed E-state index contributed by atoms with van der Waals surface area (Å²) in [5.74, 6) is -1.14. The number of halogens is 3. The summed E-state index contributed by atoms with van der Waals surface area (Å²) in [6.45, 7) is 1.64. The van der Waals surface area contributed by atoms with Crippen LogP contribution in [-0.4, -0.2) is 12.9 Å². The summed E-state index contributed by atoms with van der Waals surface area (Å²) < 4.78 is 31.7. The molecule has 0 aliphatic heterocycles. The smallest absolute Gasteiger partial charge is 0.197 e. The summed E-state index contributed by atoms with van der Waals surface area (Å²) in [6, 6.07) is 6.39. The van der Waals surface area contributed by atoms with Crippen molar-refractivity contribution < 1.29 is 18.3 Å². The molecule has 0 spiro atoms. The number of hydrogen-bond donors (Lipinski definition) is 0. The predicted molar refractivity (Wildman–Crippen MR) is 75.2 cm³/mol. The molecule has 0 atom stereocenters. The molecule has 5 heteroatoms. The number of rotatable bonds is 3. The van der Waals surface area contributed by atoms with Crippen molar-refractivity contribution in [3.63, 3.8) is 0 Å². The third-order valence-electron chi connectivity index (χ3n) is 2.92. The molecule has 2 aromatic rings. The van der Waals surface area contributed by atoms with Gasteiger partial charge in [-0.25, -0.2) is 8.78 Å². The zero-order valence-corrected chi connectivity index (χ0v) is 12.4. The largest absolute Gasteiger partial charge is 0.496 e. The van der Waals surface area contributed by atoms with E-state index >= 15 is 0 Å². The van der Waals surface area contributed by atoms with Gasteiger partial charge in [0.25, 0.3) is 0 Å². The lowest BCUT2D eigenvalue weighted by Gasteiger charge is -2.10. The van der Waals surface area contributed by atoms with Crippen LogP contribution in [0.4, 0.5) is 8.78 Å². The van der Waals surface area contributed by atoms with Gasteiger partial charge in [0, 0.05) is 11.6 Å². The number of hydrogen-bond acceptors (Lipinski definition) is 2. The monoisotopic (exact) mass is 340 g/mol. The molecular weight excluding hydrogens is 330 g/mol. The second-order valence-corrected chi connectivity index (χ2v) is 5.11. The third-order valence-corrected chi connectivity index (χ3v) is 3.53. The van der Waals surface area contributed by atoms with Crippen LogP contribution < -0.4 is 4.74 Å². The Morgan fingerprint density at radius 3 is 2.45 bits per heavy atom. The lowest BCUT2D eigenvalue weighted by atomic mass is 9.98. The Hall–Kier alpha value is -1.75. The van der Waals surface area contributed by atoms with E-state index in [0.29, 0.717) is 11.1 Å². The number of carbonyl (C=O) groups is 1. The maximum absolute atomic E-state index is 13.5. The molecule has 2 rings (SSSR count). The Morgan fingerprint density at radius 1 is 1.15 bits per heavy atom. The normalized spacial score (nSPS) is 10.4. The predicted octanol–water partition coefficient (Wildman–Crippen LogP) is 4.28. The van der Waals surface area contributed by atoms with Gasteiger partial charge in [0.2, 0.25) is 0 Å². The summed E-state index contributed by atoms with van der Waals surface area (Å²) in [5, 5.41) is 0. The quantitative estimate of drug-likeness (QED) is 0.779. The standard InChI is InChI=1S/C15H11BrF2O2/c1-8-5-9(17)3-4-10(8)15(19)11-6-12(16)13(18)7-14(11)20-2/h3-7H,1-2H3. The van der Waals surface area contributed by atoms with Crippen LogP contribution >= 0.6 is 15.9 Å². The minimum Gasteiger partial charge on any atom is -0.496 e. The summed E-state index contributed by atoms with van der Waals surface area (Å²) in [4.78, 5) is 12.5. The van der Waals surface area contributed by atoms with Crippen LogP contribution in [0.25, 0.3) is 0 Å². The molecular formula is C15H11BrF2O2. The van der Waals surface area contributed by atoms with Gasteiger partial charge >= 0.3 is 0 Å². The van der Waals surface area contributed by atoms with Crippen molar-refractivity contribution in [2.24, 2.45) is 0 Å². The number of ether oxygens (including phenoxy) is 1. The highest BCUT2D eigenvalue weighted by molar-refractivity contribution is 9.10. The molecule has 0 heterocycles. The summed E-state index contributed by atoms with van der Waals surface area (Å²) >= 11 is 3.04. The number of benzene rings is 2. The van der Waals surface area contributed by atoms with Gasteiger partial charge in [-0.1, -0.05) is 0 Å². The Bertz CT molecular complexity index is 684. The first-order valence-corrected chi connectivity index (χ1v) is 6.57. The van der Waals surface area contributed by atoms with Crippen molar-refractivity contribution in [1.82, 2.24) is 0 Å². The Balaban J connectivity index is 2.55. The Kier molecular flexibility index (Phi) is 4.18. The van der Waals surface area contributed by atoms with Crippen LogP contribution in [0.1, 0.15) is 21.5 Å². The molecule has 104 valence electrons. The molecule has 0 saturated carbocycles. The molecule has 0 N–H and O–H groups in total. The average molecular weight is 341 g/mol. The summed E-state index contributed by atoms with van der Waals surface area (Å²) in [6.07, 6.45) is 0. The van der Waals surface area contributed by atoms with Crippen LogP contribution in [0.2, 0.25) is 0 Å². The van der Waals surface area contributed by atoms with E-state index in [0.717, 1.165) is 6.07 Å². The van der Waals surface area contributed by atoms with E-state index < -0.39 is 11.6 Å². The lowest BCUT2D eigenvalue weighted by molar-refractivity contribution is 0.103. The van der Waals surface area contributed by atoms with E-state index in [1.165, 1.54) is 31.4 Å². The molecule has 0 amide bonds. The maximum atomic E-state index is 13.5. The zero-order valence-electron chi connectivity index (χ0n) is 10.8. The van der Waals surface area contributed by atoms with Gasteiger partial charge in [-0.3, -0.25) is 4.79 Å². The van der Waals surface area contributed by atoms with Crippen molar-refractivity contribution in [2.45, 2.75) is 6.92 Å². The number of ketones is 1. The fraction of sp³-hybridized carbons (Fsp3) is 0.133. The molecule has 2 nitrogen and oxygen atoms in total. The van der Waals surface area contributed by atoms with Crippen LogP contribution in [-0.2, 0) is 0 Å². The summed E-state index contributed by atoms with van der Waals surface area (Å²) in [7, 11) is 1.36. The molecule has 0 unspecified atom stereocenters. The molecule has 0 fully saturated rings. The van der Waals surface area contributed by atoms with Crippen molar-refractivity contribution >= 4 is 21.7 Å². The topological polar surface area (TPSA) is 26.3 Å². The molecule has 0 aliphatic rings. The minimum absolute atomic E-state index is 0.138. The molecule has 0 saturated heterocycles. The second kappa shape index (κ2) is 5.71. The molecule has 0 aliphatic carbocycles. The van der Waals surface area contributed by atoms with Crippen molar-refractivity contribution in [1.29, 1.82) is 0 Å². The Morgan fingerprint density at radius 2 is 1.85 bits per heavy atom. The summed E-state index contributed by atoms with van der Waals surface area (Å²) in [5.41, 5.74) is 1.08. The fourth-order valence-corrected chi connectivity index (χ4v) is 2.25. The van der Waals surface area contributed by atoms with E-state index in [4.69, 9.17) is 4.74 Å².